The summed E-state index contributed by atoms with van der Waals surface area (Å²) >= 11 is 6.08. The summed E-state index contributed by atoms with van der Waals surface area (Å²) in [6, 6.07) is 5.98. The van der Waals surface area contributed by atoms with Crippen LogP contribution in [0.3, 0.4) is 0 Å². The summed E-state index contributed by atoms with van der Waals surface area (Å²) < 4.78 is 0. The maximum atomic E-state index is 13.2. The van der Waals surface area contributed by atoms with E-state index in [9.17, 15) is 24.0 Å². The monoisotopic (exact) mass is 510 g/mol. The van der Waals surface area contributed by atoms with Crippen molar-refractivity contribution in [3.63, 3.8) is 0 Å². The van der Waals surface area contributed by atoms with Gasteiger partial charge in [-0.15, -0.1) is 0 Å². The molecule has 3 atom stereocenters. The zero-order valence-corrected chi connectivity index (χ0v) is 20.2. The molecule has 12 heteroatoms. The third-order valence-electron chi connectivity index (χ3n) is 5.59. The van der Waals surface area contributed by atoms with Crippen LogP contribution in [0.4, 0.5) is 5.69 Å². The van der Waals surface area contributed by atoms with Crippen LogP contribution < -0.4 is 21.3 Å². The lowest BCUT2D eigenvalue weighted by Gasteiger charge is -2.20. The van der Waals surface area contributed by atoms with Crippen LogP contribution in [0.1, 0.15) is 46.0 Å². The molecule has 1 aliphatic rings. The van der Waals surface area contributed by atoms with Gasteiger partial charge in [-0.3, -0.25) is 29.0 Å². The molecule has 1 saturated heterocycles. The lowest BCUT2D eigenvalue weighted by atomic mass is 9.93. The number of anilines is 1. The van der Waals surface area contributed by atoms with Gasteiger partial charge in [0, 0.05) is 36.4 Å². The van der Waals surface area contributed by atoms with Gasteiger partial charge in [0.05, 0.1) is 28.4 Å². The van der Waals surface area contributed by atoms with E-state index in [-0.39, 0.29) is 45.8 Å². The lowest BCUT2D eigenvalue weighted by Crippen LogP contribution is -2.48. The molecule has 1 aliphatic heterocycles. The second-order valence-corrected chi connectivity index (χ2v) is 8.70. The van der Waals surface area contributed by atoms with Crippen molar-refractivity contribution < 1.29 is 24.0 Å². The summed E-state index contributed by atoms with van der Waals surface area (Å²) in [6.45, 7) is 1.81. The number of rotatable bonds is 8. The SMILES string of the molecule is CNC(=O)C(=O)C(C[C@@H]1C[C@@H](C)NC1=O)NC(=O)c1cc(Cl)ccc1NC(=O)c1cncc(C#N)c1. The molecule has 1 aromatic carbocycles. The first-order valence-electron chi connectivity index (χ1n) is 11.0. The van der Waals surface area contributed by atoms with Crippen molar-refractivity contribution >= 4 is 46.7 Å². The number of nitrogens with zero attached hydrogens (tertiary/aromatic N) is 2. The fourth-order valence-corrected chi connectivity index (χ4v) is 4.00. The van der Waals surface area contributed by atoms with Gasteiger partial charge in [-0.1, -0.05) is 11.6 Å². The van der Waals surface area contributed by atoms with Gasteiger partial charge >= 0.3 is 0 Å². The van der Waals surface area contributed by atoms with Crippen LogP contribution in [0.2, 0.25) is 5.02 Å². The first-order valence-corrected chi connectivity index (χ1v) is 11.3. The summed E-state index contributed by atoms with van der Waals surface area (Å²) in [5.41, 5.74) is 0.267. The number of pyridine rings is 1. The van der Waals surface area contributed by atoms with Gasteiger partial charge < -0.3 is 21.3 Å². The van der Waals surface area contributed by atoms with Crippen molar-refractivity contribution in [1.82, 2.24) is 20.9 Å². The molecule has 4 amide bonds. The molecular formula is C24H23ClN6O5. The average molecular weight is 511 g/mol. The third kappa shape index (κ3) is 6.22. The zero-order valence-electron chi connectivity index (χ0n) is 19.4. The topological polar surface area (TPSA) is 170 Å². The molecule has 2 aromatic rings. The van der Waals surface area contributed by atoms with Crippen molar-refractivity contribution in [3.8, 4) is 6.07 Å². The Morgan fingerprint density at radius 2 is 1.97 bits per heavy atom. The maximum absolute atomic E-state index is 13.2. The molecule has 186 valence electrons. The minimum Gasteiger partial charge on any atom is -0.353 e. The highest BCUT2D eigenvalue weighted by atomic mass is 35.5. The summed E-state index contributed by atoms with van der Waals surface area (Å²) in [6.07, 6.45) is 2.92. The molecule has 2 heterocycles. The average Bonchev–Trinajstić information content (AvgIpc) is 3.19. The van der Waals surface area contributed by atoms with E-state index in [0.717, 1.165) is 0 Å². The predicted molar refractivity (Wildman–Crippen MR) is 129 cm³/mol. The van der Waals surface area contributed by atoms with Crippen LogP contribution >= 0.6 is 11.6 Å². The van der Waals surface area contributed by atoms with E-state index in [0.29, 0.717) is 6.42 Å². The Morgan fingerprint density at radius 3 is 2.61 bits per heavy atom. The number of halogens is 1. The normalized spacial score (nSPS) is 17.3. The number of carbonyl (C=O) groups excluding carboxylic acids is 5. The van der Waals surface area contributed by atoms with E-state index in [1.807, 2.05) is 13.0 Å². The maximum Gasteiger partial charge on any atom is 0.289 e. The van der Waals surface area contributed by atoms with E-state index in [1.54, 1.807) is 0 Å². The molecule has 0 radical (unpaired) electrons. The largest absolute Gasteiger partial charge is 0.353 e. The number of hydrogen-bond donors (Lipinski definition) is 4. The van der Waals surface area contributed by atoms with Gasteiger partial charge in [0.15, 0.2) is 0 Å². The number of benzene rings is 1. The van der Waals surface area contributed by atoms with Crippen LogP contribution in [0.15, 0.2) is 36.7 Å². The Labute approximate surface area is 211 Å². The number of nitriles is 1. The summed E-state index contributed by atoms with van der Waals surface area (Å²) in [5.74, 6) is -4.09. The number of carbonyl (C=O) groups is 5. The Kier molecular flexibility index (Phi) is 8.34. The molecule has 4 N–H and O–H groups in total. The van der Waals surface area contributed by atoms with Gasteiger partial charge in [-0.05, 0) is 44.0 Å². The van der Waals surface area contributed by atoms with E-state index >= 15 is 0 Å². The smallest absolute Gasteiger partial charge is 0.289 e. The van der Waals surface area contributed by atoms with Crippen LogP contribution in [0, 0.1) is 17.2 Å². The lowest BCUT2D eigenvalue weighted by molar-refractivity contribution is -0.139. The van der Waals surface area contributed by atoms with Gasteiger partial charge in [-0.2, -0.15) is 5.26 Å². The molecule has 1 fully saturated rings. The number of hydrogen-bond acceptors (Lipinski definition) is 7. The van der Waals surface area contributed by atoms with Crippen molar-refractivity contribution in [2.24, 2.45) is 5.92 Å². The van der Waals surface area contributed by atoms with Gasteiger partial charge in [-0.25, -0.2) is 0 Å². The summed E-state index contributed by atoms with van der Waals surface area (Å²) in [4.78, 5) is 66.7. The Bertz CT molecular complexity index is 1270. The van der Waals surface area contributed by atoms with E-state index in [1.165, 1.54) is 43.7 Å². The first kappa shape index (κ1) is 26.3. The first-order chi connectivity index (χ1) is 17.1. The van der Waals surface area contributed by atoms with E-state index < -0.39 is 35.5 Å². The standard InChI is InChI=1S/C24H23ClN6O5/c1-12-5-14(21(33)29-12)7-19(20(32)24(36)27-2)31-23(35)17-8-16(25)3-4-18(17)30-22(34)15-6-13(9-26)10-28-11-15/h3-4,6,8,10-12,14,19H,5,7H2,1-2H3,(H,27,36)(H,29,33)(H,30,34)(H,31,35)/t12-,14+,19?/m1/s1. The van der Waals surface area contributed by atoms with Crippen LogP contribution in [0.25, 0.3) is 0 Å². The van der Waals surface area contributed by atoms with Crippen molar-refractivity contribution in [1.29, 1.82) is 5.26 Å². The third-order valence-corrected chi connectivity index (χ3v) is 5.83. The van der Waals surface area contributed by atoms with Gasteiger partial charge in [0.25, 0.3) is 17.7 Å². The fraction of sp³-hybridized carbons (Fsp3) is 0.292. The number of likely N-dealkylation sites (N-methyl/N-ethyl adjacent to an activating group) is 1. The molecule has 36 heavy (non-hydrogen) atoms. The van der Waals surface area contributed by atoms with Crippen LogP contribution in [-0.2, 0) is 14.4 Å². The zero-order chi connectivity index (χ0) is 26.4. The molecule has 0 spiro atoms. The predicted octanol–water partition coefficient (Wildman–Crippen LogP) is 1.19. The molecule has 1 aromatic heterocycles. The number of nitrogens with one attached hydrogen (secondary N) is 4. The van der Waals surface area contributed by atoms with Crippen molar-refractivity contribution in [2.75, 3.05) is 12.4 Å². The molecule has 3 rings (SSSR count). The highest BCUT2D eigenvalue weighted by molar-refractivity contribution is 6.38. The highest BCUT2D eigenvalue weighted by Gasteiger charge is 2.36. The quantitative estimate of drug-likeness (QED) is 0.386. The molecule has 1 unspecified atom stereocenters. The molecule has 0 saturated carbocycles. The van der Waals surface area contributed by atoms with Crippen molar-refractivity contribution in [3.05, 3.63) is 58.4 Å². The molecule has 11 nitrogen and oxygen atoms in total. The highest BCUT2D eigenvalue weighted by Crippen LogP contribution is 2.24. The summed E-state index contributed by atoms with van der Waals surface area (Å²) in [5, 5.41) is 19.3. The minimum atomic E-state index is -1.29. The molecular weight excluding hydrogens is 488 g/mol. The van der Waals surface area contributed by atoms with Crippen LogP contribution in [0.5, 0.6) is 0 Å². The Balaban J connectivity index is 1.86. The number of Topliss-reactive ketones (excluding diaryl/α,β-unsaturated/α-hetero) is 1. The second kappa shape index (κ2) is 11.4. The van der Waals surface area contributed by atoms with Gasteiger partial charge in [0.2, 0.25) is 11.7 Å². The molecule has 0 aliphatic carbocycles. The van der Waals surface area contributed by atoms with Gasteiger partial charge in [0.1, 0.15) is 6.07 Å². The minimum absolute atomic E-state index is 0.0702. The van der Waals surface area contributed by atoms with Crippen LogP contribution in [-0.4, -0.2) is 53.5 Å². The van der Waals surface area contributed by atoms with Crippen molar-refractivity contribution in [2.45, 2.75) is 31.8 Å². The molecule has 0 bridgehead atoms. The summed E-state index contributed by atoms with van der Waals surface area (Å²) in [7, 11) is 1.28. The Morgan fingerprint density at radius 1 is 1.22 bits per heavy atom. The van der Waals surface area contributed by atoms with E-state index in [2.05, 4.69) is 26.3 Å². The number of amides is 4. The second-order valence-electron chi connectivity index (χ2n) is 8.27. The Hall–Kier alpha value is -4.30. The number of aromatic nitrogens is 1. The number of ketones is 1. The van der Waals surface area contributed by atoms with E-state index in [4.69, 9.17) is 16.9 Å². The fourth-order valence-electron chi connectivity index (χ4n) is 3.82.